The van der Waals surface area contributed by atoms with E-state index in [0.29, 0.717) is 30.2 Å². The van der Waals surface area contributed by atoms with Gasteiger partial charge in [0.15, 0.2) is 17.4 Å². The van der Waals surface area contributed by atoms with Crippen LogP contribution >= 0.6 is 0 Å². The number of aromatic carboxylic acids is 1. The predicted octanol–water partition coefficient (Wildman–Crippen LogP) is 7.72. The SMILES string of the molecule is CCCS(=O)(=O)Nc1ccc(F)c(C(=O)Cc2cnc3ccccc3c2)c1F.CCCS(=O)(=O)Nc1ccc(F)c(C(=O)O)c1F.Nc1cnc2ccccc2c1. The van der Waals surface area contributed by atoms with E-state index < -0.39 is 77.6 Å². The van der Waals surface area contributed by atoms with Gasteiger partial charge in [0.2, 0.25) is 20.0 Å². The summed E-state index contributed by atoms with van der Waals surface area (Å²) in [5.41, 5.74) is 5.51. The largest absolute Gasteiger partial charge is 0.477 e. The number of carboxylic acid groups (broad SMARTS) is 1. The molecule has 4 aromatic carbocycles. The second-order valence-corrected chi connectivity index (χ2v) is 16.0. The Morgan fingerprint density at radius 2 is 1.12 bits per heavy atom. The van der Waals surface area contributed by atoms with Crippen LogP contribution < -0.4 is 15.2 Å². The number of sulfonamides is 2. The van der Waals surface area contributed by atoms with Crippen molar-refractivity contribution in [3.05, 3.63) is 137 Å². The zero-order valence-electron chi connectivity index (χ0n) is 30.5. The van der Waals surface area contributed by atoms with Crippen molar-refractivity contribution in [3.63, 3.8) is 0 Å². The first-order valence-corrected chi connectivity index (χ1v) is 20.4. The maximum atomic E-state index is 14.7. The van der Waals surface area contributed by atoms with Gasteiger partial charge in [-0.25, -0.2) is 39.2 Å². The van der Waals surface area contributed by atoms with Crippen LogP contribution in [0.25, 0.3) is 21.8 Å². The van der Waals surface area contributed by atoms with Crippen molar-refractivity contribution in [2.24, 2.45) is 0 Å². The lowest BCUT2D eigenvalue weighted by Gasteiger charge is -2.11. The van der Waals surface area contributed by atoms with Gasteiger partial charge >= 0.3 is 5.97 Å². The summed E-state index contributed by atoms with van der Waals surface area (Å²) in [6.45, 7) is 3.27. The normalized spacial score (nSPS) is 11.2. The van der Waals surface area contributed by atoms with Crippen molar-refractivity contribution in [2.75, 3.05) is 26.7 Å². The third-order valence-corrected chi connectivity index (χ3v) is 10.7. The fourth-order valence-electron chi connectivity index (χ4n) is 5.26. The Morgan fingerprint density at radius 3 is 1.63 bits per heavy atom. The topological polar surface area (TPSA) is 199 Å². The molecule has 0 saturated carbocycles. The molecule has 0 unspecified atom stereocenters. The van der Waals surface area contributed by atoms with Crippen LogP contribution in [0.15, 0.2) is 97.3 Å². The number of carbonyl (C=O) groups is 2. The van der Waals surface area contributed by atoms with Crippen LogP contribution in [0.1, 0.15) is 53.0 Å². The summed E-state index contributed by atoms with van der Waals surface area (Å²) in [7, 11) is -7.55. The number of ketones is 1. The quantitative estimate of drug-likeness (QED) is 0.0700. The molecular formula is C39H37F4N5O7S2. The van der Waals surface area contributed by atoms with Crippen molar-refractivity contribution < 1.29 is 49.1 Å². The number of nitrogen functional groups attached to an aromatic ring is 1. The molecule has 12 nitrogen and oxygen atoms in total. The van der Waals surface area contributed by atoms with Crippen molar-refractivity contribution in [1.29, 1.82) is 0 Å². The fourth-order valence-corrected chi connectivity index (χ4v) is 7.53. The number of Topliss-reactive ketones (excluding diaryl/α,β-unsaturated/α-hetero) is 1. The lowest BCUT2D eigenvalue weighted by molar-refractivity contribution is 0.0686. The van der Waals surface area contributed by atoms with Crippen molar-refractivity contribution >= 4 is 70.7 Å². The first-order chi connectivity index (χ1) is 26.9. The number of fused-ring (bicyclic) bond motifs is 2. The second-order valence-electron chi connectivity index (χ2n) is 12.3. The van der Waals surface area contributed by atoms with E-state index in [1.54, 1.807) is 26.1 Å². The molecule has 0 fully saturated rings. The minimum absolute atomic E-state index is 0.212. The van der Waals surface area contributed by atoms with E-state index in [1.807, 2.05) is 59.3 Å². The Morgan fingerprint density at radius 1 is 0.667 bits per heavy atom. The van der Waals surface area contributed by atoms with Gasteiger partial charge in [-0.1, -0.05) is 50.2 Å². The maximum absolute atomic E-state index is 14.7. The summed E-state index contributed by atoms with van der Waals surface area (Å²) in [5.74, 6) is -8.04. The van der Waals surface area contributed by atoms with Gasteiger partial charge in [-0.2, -0.15) is 0 Å². The molecule has 0 aliphatic carbocycles. The molecule has 57 heavy (non-hydrogen) atoms. The third kappa shape index (κ3) is 11.9. The molecule has 6 aromatic rings. The number of anilines is 3. The lowest BCUT2D eigenvalue weighted by Crippen LogP contribution is -2.19. The molecule has 0 saturated heterocycles. The van der Waals surface area contributed by atoms with Crippen LogP contribution in [0.4, 0.5) is 34.6 Å². The number of carboxylic acids is 1. The molecule has 2 aromatic heterocycles. The molecule has 0 aliphatic rings. The number of benzene rings is 4. The molecule has 0 aliphatic heterocycles. The van der Waals surface area contributed by atoms with Gasteiger partial charge < -0.3 is 10.8 Å². The fraction of sp³-hybridized carbons (Fsp3) is 0.179. The Hall–Kier alpha value is -6.14. The van der Waals surface area contributed by atoms with E-state index in [0.717, 1.165) is 40.0 Å². The summed E-state index contributed by atoms with van der Waals surface area (Å²) in [6.07, 6.45) is 3.52. The first-order valence-electron chi connectivity index (χ1n) is 17.1. The number of nitrogens with zero attached hydrogens (tertiary/aromatic N) is 2. The Balaban J connectivity index is 0.000000211. The van der Waals surface area contributed by atoms with Gasteiger partial charge in [-0.05, 0) is 66.9 Å². The van der Waals surface area contributed by atoms with Crippen molar-refractivity contribution in [1.82, 2.24) is 9.97 Å². The monoisotopic (exact) mass is 827 g/mol. The lowest BCUT2D eigenvalue weighted by atomic mass is 10.0. The van der Waals surface area contributed by atoms with E-state index in [9.17, 15) is 44.0 Å². The number of rotatable bonds is 12. The van der Waals surface area contributed by atoms with Gasteiger partial charge in [0.05, 0.1) is 51.4 Å². The van der Waals surface area contributed by atoms with E-state index in [-0.39, 0.29) is 17.9 Å². The van der Waals surface area contributed by atoms with Gasteiger partial charge in [-0.3, -0.25) is 24.2 Å². The zero-order chi connectivity index (χ0) is 41.9. The smallest absolute Gasteiger partial charge is 0.341 e. The highest BCUT2D eigenvalue weighted by molar-refractivity contribution is 7.92. The van der Waals surface area contributed by atoms with Gasteiger partial charge in [0, 0.05) is 23.4 Å². The Labute approximate surface area is 325 Å². The average Bonchev–Trinajstić information content (AvgIpc) is 3.14. The van der Waals surface area contributed by atoms with Crippen LogP contribution in [-0.4, -0.2) is 55.2 Å². The number of aromatic nitrogens is 2. The maximum Gasteiger partial charge on any atom is 0.341 e. The summed E-state index contributed by atoms with van der Waals surface area (Å²) in [4.78, 5) is 31.6. The molecule has 0 bridgehead atoms. The van der Waals surface area contributed by atoms with E-state index in [4.69, 9.17) is 10.8 Å². The highest BCUT2D eigenvalue weighted by Gasteiger charge is 2.24. The number of hydrogen-bond donors (Lipinski definition) is 4. The number of pyridine rings is 2. The number of nitrogens with one attached hydrogen (secondary N) is 2. The Bertz CT molecular complexity index is 2650. The summed E-state index contributed by atoms with van der Waals surface area (Å²) >= 11 is 0. The average molecular weight is 828 g/mol. The molecule has 2 heterocycles. The molecule has 0 radical (unpaired) electrons. The summed E-state index contributed by atoms with van der Waals surface area (Å²) in [6, 6.07) is 22.2. The van der Waals surface area contributed by atoms with Crippen LogP contribution in [0, 0.1) is 23.3 Å². The van der Waals surface area contributed by atoms with Crippen LogP contribution in [0.2, 0.25) is 0 Å². The molecular weight excluding hydrogens is 791 g/mol. The van der Waals surface area contributed by atoms with E-state index in [2.05, 4.69) is 14.7 Å². The number of nitrogens with two attached hydrogens (primary N) is 1. The van der Waals surface area contributed by atoms with Gasteiger partial charge in [-0.15, -0.1) is 0 Å². The van der Waals surface area contributed by atoms with E-state index in [1.165, 1.54) is 6.20 Å². The second kappa shape index (κ2) is 19.1. The van der Waals surface area contributed by atoms with Crippen LogP contribution in [0.3, 0.4) is 0 Å². The number of halogens is 4. The zero-order valence-corrected chi connectivity index (χ0v) is 32.1. The molecule has 0 amide bonds. The molecule has 6 rings (SSSR count). The summed E-state index contributed by atoms with van der Waals surface area (Å²) in [5, 5.41) is 10.5. The standard InChI is InChI=1S/C20H18F2N2O3S.C10H11F2NO4S.C9H8N2/c1-2-9-28(26,27)24-17-8-7-15(21)19(20(17)22)18(25)11-13-10-14-5-3-4-6-16(14)23-12-13;1-2-5-18(16,17)13-7-4-3-6(11)8(9(7)12)10(14)15;10-8-5-7-3-1-2-4-9(7)11-6-8/h3-8,10,12,24H,2,9,11H2,1H3;3-4,13H,2,5H2,1H3,(H,14,15);1-6H,10H2. The molecule has 300 valence electrons. The molecule has 18 heteroatoms. The number of carbonyl (C=O) groups excluding carboxylic acids is 1. The van der Waals surface area contributed by atoms with Crippen LogP contribution in [-0.2, 0) is 26.5 Å². The molecule has 5 N–H and O–H groups in total. The predicted molar refractivity (Wildman–Crippen MR) is 211 cm³/mol. The highest BCUT2D eigenvalue weighted by atomic mass is 32.2. The minimum atomic E-state index is -3.78. The number of hydrogen-bond acceptors (Lipinski definition) is 9. The third-order valence-electron chi connectivity index (χ3n) is 7.77. The molecule has 0 spiro atoms. The van der Waals surface area contributed by atoms with Gasteiger partial charge in [0.1, 0.15) is 17.2 Å². The number of para-hydroxylation sites is 2. The van der Waals surface area contributed by atoms with Crippen LogP contribution in [0.5, 0.6) is 0 Å². The summed E-state index contributed by atoms with van der Waals surface area (Å²) < 4.78 is 106. The minimum Gasteiger partial charge on any atom is -0.477 e. The molecule has 0 atom stereocenters. The first kappa shape index (κ1) is 43.6. The van der Waals surface area contributed by atoms with Crippen molar-refractivity contribution in [2.45, 2.75) is 33.1 Å². The highest BCUT2D eigenvalue weighted by Crippen LogP contribution is 2.25. The van der Waals surface area contributed by atoms with E-state index >= 15 is 0 Å². The van der Waals surface area contributed by atoms with Gasteiger partial charge in [0.25, 0.3) is 0 Å². The Kier molecular flexibility index (Phi) is 14.6. The van der Waals surface area contributed by atoms with Crippen molar-refractivity contribution in [3.8, 4) is 0 Å².